The zero-order valence-corrected chi connectivity index (χ0v) is 14.2. The summed E-state index contributed by atoms with van der Waals surface area (Å²) in [5, 5.41) is 2.71. The minimum Gasteiger partial charge on any atom is -0.465 e. The van der Waals surface area contributed by atoms with Crippen LogP contribution in [0, 0.1) is 5.92 Å². The lowest BCUT2D eigenvalue weighted by Crippen LogP contribution is -2.23. The van der Waals surface area contributed by atoms with Crippen molar-refractivity contribution in [2.45, 2.75) is 24.4 Å². The molecule has 0 aliphatic carbocycles. The zero-order chi connectivity index (χ0) is 18.5. The van der Waals surface area contributed by atoms with Gasteiger partial charge in [-0.25, -0.2) is 17.9 Å². The summed E-state index contributed by atoms with van der Waals surface area (Å²) >= 11 is 0. The van der Waals surface area contributed by atoms with Crippen molar-refractivity contribution in [1.82, 2.24) is 4.72 Å². The van der Waals surface area contributed by atoms with Crippen LogP contribution in [0.25, 0.3) is 0 Å². The van der Waals surface area contributed by atoms with Gasteiger partial charge in [-0.05, 0) is 31.7 Å². The Labute approximate surface area is 138 Å². The van der Waals surface area contributed by atoms with Crippen molar-refractivity contribution in [2.75, 3.05) is 26.0 Å². The third-order valence-corrected chi connectivity index (χ3v) is 4.84. The Balaban J connectivity index is 3.00. The molecule has 1 rings (SSSR count). The molecule has 0 fully saturated rings. The number of rotatable bonds is 7. The molecule has 0 radical (unpaired) electrons. The van der Waals surface area contributed by atoms with E-state index in [4.69, 9.17) is 0 Å². The molecule has 1 atom stereocenters. The fourth-order valence-corrected chi connectivity index (χ4v) is 2.58. The van der Waals surface area contributed by atoms with E-state index < -0.39 is 28.1 Å². The standard InChI is InChI=1S/C14H19F3N2O4S/c1-9(14(15,16)17)6-7-19-12-5-4-10(24(21,22)18-2)8-11(12)13(20)23-3/h4-5,8-9,18-19H,6-7H2,1-3H3. The summed E-state index contributed by atoms with van der Waals surface area (Å²) in [5.74, 6) is -2.30. The van der Waals surface area contributed by atoms with Crippen LogP contribution in [0.4, 0.5) is 18.9 Å². The van der Waals surface area contributed by atoms with Gasteiger partial charge in [0.2, 0.25) is 10.0 Å². The van der Waals surface area contributed by atoms with Crippen LogP contribution >= 0.6 is 0 Å². The third-order valence-electron chi connectivity index (χ3n) is 3.43. The maximum atomic E-state index is 12.5. The monoisotopic (exact) mass is 368 g/mol. The van der Waals surface area contributed by atoms with E-state index >= 15 is 0 Å². The molecule has 10 heteroatoms. The van der Waals surface area contributed by atoms with Crippen molar-refractivity contribution in [3.63, 3.8) is 0 Å². The highest BCUT2D eigenvalue weighted by Gasteiger charge is 2.35. The smallest absolute Gasteiger partial charge is 0.391 e. The van der Waals surface area contributed by atoms with Crippen molar-refractivity contribution >= 4 is 21.7 Å². The summed E-state index contributed by atoms with van der Waals surface area (Å²) in [6.07, 6.45) is -4.49. The molecule has 6 nitrogen and oxygen atoms in total. The second kappa shape index (κ2) is 7.84. The molecule has 0 aliphatic heterocycles. The van der Waals surface area contributed by atoms with Gasteiger partial charge in [-0.15, -0.1) is 0 Å². The Hall–Kier alpha value is -1.81. The number of hydrogen-bond donors (Lipinski definition) is 2. The molecule has 24 heavy (non-hydrogen) atoms. The number of nitrogens with one attached hydrogen (secondary N) is 2. The number of carbonyl (C=O) groups excluding carboxylic acids is 1. The molecular weight excluding hydrogens is 349 g/mol. The zero-order valence-electron chi connectivity index (χ0n) is 13.4. The van der Waals surface area contributed by atoms with Crippen molar-refractivity contribution in [1.29, 1.82) is 0 Å². The summed E-state index contributed by atoms with van der Waals surface area (Å²) in [6.45, 7) is 1.02. The first-order valence-corrected chi connectivity index (χ1v) is 8.47. The maximum absolute atomic E-state index is 12.5. The van der Waals surface area contributed by atoms with E-state index in [1.54, 1.807) is 0 Å². The predicted molar refractivity (Wildman–Crippen MR) is 82.4 cm³/mol. The summed E-state index contributed by atoms with van der Waals surface area (Å²) in [7, 11) is -1.42. The van der Waals surface area contributed by atoms with Gasteiger partial charge in [0.05, 0.1) is 23.5 Å². The van der Waals surface area contributed by atoms with Crippen molar-refractivity contribution in [2.24, 2.45) is 5.92 Å². The second-order valence-corrected chi connectivity index (χ2v) is 6.95. The Kier molecular flexibility index (Phi) is 6.61. The molecule has 0 spiro atoms. The van der Waals surface area contributed by atoms with E-state index in [9.17, 15) is 26.4 Å². The van der Waals surface area contributed by atoms with E-state index in [0.717, 1.165) is 20.1 Å². The van der Waals surface area contributed by atoms with Crippen LogP contribution < -0.4 is 10.0 Å². The number of halogens is 3. The summed E-state index contributed by atoms with van der Waals surface area (Å²) in [6, 6.07) is 3.66. The Morgan fingerprint density at radius 2 is 1.96 bits per heavy atom. The van der Waals surface area contributed by atoms with Crippen molar-refractivity contribution in [3.05, 3.63) is 23.8 Å². The Bertz CT molecular complexity index is 690. The van der Waals surface area contributed by atoms with Gasteiger partial charge < -0.3 is 10.1 Å². The lowest BCUT2D eigenvalue weighted by Gasteiger charge is -2.17. The first-order valence-electron chi connectivity index (χ1n) is 6.99. The SMILES string of the molecule is CNS(=O)(=O)c1ccc(NCCC(C)C(F)(F)F)c(C(=O)OC)c1. The van der Waals surface area contributed by atoms with E-state index in [1.807, 2.05) is 0 Å². The summed E-state index contributed by atoms with van der Waals surface area (Å²) in [4.78, 5) is 11.6. The highest BCUT2D eigenvalue weighted by molar-refractivity contribution is 7.89. The first kappa shape index (κ1) is 20.2. The molecule has 0 saturated heterocycles. The van der Waals surface area contributed by atoms with Gasteiger partial charge in [-0.3, -0.25) is 0 Å². The number of anilines is 1. The fraction of sp³-hybridized carbons (Fsp3) is 0.500. The average molecular weight is 368 g/mol. The van der Waals surface area contributed by atoms with Gasteiger partial charge in [-0.1, -0.05) is 6.92 Å². The van der Waals surface area contributed by atoms with Crippen LogP contribution in [0.2, 0.25) is 0 Å². The predicted octanol–water partition coefficient (Wildman–Crippen LogP) is 2.38. The van der Waals surface area contributed by atoms with Crippen molar-refractivity contribution < 1.29 is 31.1 Å². The molecule has 0 saturated carbocycles. The minimum absolute atomic E-state index is 0.0389. The molecule has 1 unspecified atom stereocenters. The number of hydrogen-bond acceptors (Lipinski definition) is 5. The number of ether oxygens (including phenoxy) is 1. The van der Waals surface area contributed by atoms with Gasteiger partial charge >= 0.3 is 12.1 Å². The Morgan fingerprint density at radius 1 is 1.33 bits per heavy atom. The van der Waals surface area contributed by atoms with E-state index in [1.165, 1.54) is 19.2 Å². The molecule has 0 aliphatic rings. The molecule has 136 valence electrons. The molecule has 0 aromatic heterocycles. The van der Waals surface area contributed by atoms with Gasteiger partial charge in [0.25, 0.3) is 0 Å². The lowest BCUT2D eigenvalue weighted by atomic mass is 10.1. The molecule has 2 N–H and O–H groups in total. The van der Waals surface area contributed by atoms with Crippen molar-refractivity contribution in [3.8, 4) is 0 Å². The van der Waals surface area contributed by atoms with Gasteiger partial charge in [0.15, 0.2) is 0 Å². The number of alkyl halides is 3. The lowest BCUT2D eigenvalue weighted by molar-refractivity contribution is -0.170. The third kappa shape index (κ3) is 5.10. The van der Waals surface area contributed by atoms with E-state index in [0.29, 0.717) is 0 Å². The molecule has 0 heterocycles. The largest absolute Gasteiger partial charge is 0.465 e. The molecule has 1 aromatic carbocycles. The number of sulfonamides is 1. The first-order chi connectivity index (χ1) is 11.0. The molecule has 1 aromatic rings. The summed E-state index contributed by atoms with van der Waals surface area (Å²) < 4.78 is 67.7. The second-order valence-electron chi connectivity index (χ2n) is 5.06. The van der Waals surface area contributed by atoms with Gasteiger partial charge in [0.1, 0.15) is 0 Å². The topological polar surface area (TPSA) is 84.5 Å². The maximum Gasteiger partial charge on any atom is 0.391 e. The van der Waals surface area contributed by atoms with Crippen LogP contribution in [-0.4, -0.2) is 41.3 Å². The fourth-order valence-electron chi connectivity index (χ4n) is 1.83. The Morgan fingerprint density at radius 3 is 2.46 bits per heavy atom. The number of methoxy groups -OCH3 is 1. The average Bonchev–Trinajstić information content (AvgIpc) is 2.53. The van der Waals surface area contributed by atoms with Crippen LogP contribution in [0.5, 0.6) is 0 Å². The molecule has 0 amide bonds. The molecular formula is C14H19F3N2O4S. The van der Waals surface area contributed by atoms with Crippen LogP contribution in [0.1, 0.15) is 23.7 Å². The van der Waals surface area contributed by atoms with E-state index in [2.05, 4.69) is 14.8 Å². The van der Waals surface area contributed by atoms with Crippen LogP contribution in [0.15, 0.2) is 23.1 Å². The number of carbonyl (C=O) groups is 1. The van der Waals surface area contributed by atoms with Crippen LogP contribution in [0.3, 0.4) is 0 Å². The van der Waals surface area contributed by atoms with E-state index in [-0.39, 0.29) is 29.1 Å². The highest BCUT2D eigenvalue weighted by atomic mass is 32.2. The minimum atomic E-state index is -4.29. The highest BCUT2D eigenvalue weighted by Crippen LogP contribution is 2.28. The molecule has 0 bridgehead atoms. The van der Waals surface area contributed by atoms with Crippen LogP contribution in [-0.2, 0) is 14.8 Å². The number of esters is 1. The quantitative estimate of drug-likeness (QED) is 0.722. The number of benzene rings is 1. The normalized spacial score (nSPS) is 13.4. The van der Waals surface area contributed by atoms with Gasteiger partial charge in [0, 0.05) is 12.2 Å². The van der Waals surface area contributed by atoms with Gasteiger partial charge in [-0.2, -0.15) is 13.2 Å². The summed E-state index contributed by atoms with van der Waals surface area (Å²) in [5.41, 5.74) is 0.125.